The lowest BCUT2D eigenvalue weighted by molar-refractivity contribution is -0.114. The molecule has 3 rings (SSSR count). The van der Waals surface area contributed by atoms with Gasteiger partial charge in [0.25, 0.3) is 5.91 Å². The molecule has 0 radical (unpaired) electrons. The maximum Gasteiger partial charge on any atom is 0.435 e. The van der Waals surface area contributed by atoms with Crippen molar-refractivity contribution in [2.45, 2.75) is 6.18 Å². The van der Waals surface area contributed by atoms with Crippen LogP contribution < -0.4 is 5.01 Å². The van der Waals surface area contributed by atoms with Gasteiger partial charge in [0.15, 0.2) is 5.71 Å². The van der Waals surface area contributed by atoms with Crippen molar-refractivity contribution < 1.29 is 23.1 Å². The third-order valence-corrected chi connectivity index (χ3v) is 3.35. The van der Waals surface area contributed by atoms with E-state index >= 15 is 0 Å². The molecule has 0 atom stereocenters. The highest BCUT2D eigenvalue weighted by molar-refractivity contribution is 6.34. The van der Waals surface area contributed by atoms with Gasteiger partial charge in [-0.2, -0.15) is 23.3 Å². The summed E-state index contributed by atoms with van der Waals surface area (Å²) in [4.78, 5) is 12.4. The minimum absolute atomic E-state index is 0.0227. The number of amides is 1. The van der Waals surface area contributed by atoms with E-state index in [1.54, 1.807) is 18.2 Å². The highest BCUT2D eigenvalue weighted by Crippen LogP contribution is 2.32. The lowest BCUT2D eigenvalue weighted by Gasteiger charge is -2.10. The number of nitrogens with zero attached hydrogens (tertiary/aromatic N) is 2. The highest BCUT2D eigenvalue weighted by atomic mass is 19.4. The Morgan fingerprint density at radius 2 is 1.62 bits per heavy atom. The first kappa shape index (κ1) is 15.8. The molecule has 1 heterocycles. The average molecular weight is 332 g/mol. The Balaban J connectivity index is 2.06. The van der Waals surface area contributed by atoms with E-state index in [0.717, 1.165) is 11.1 Å². The molecule has 0 unspecified atom stereocenters. The molecule has 2 aromatic rings. The van der Waals surface area contributed by atoms with E-state index in [9.17, 15) is 23.1 Å². The molecule has 2 aromatic carbocycles. The molecule has 0 aromatic heterocycles. The molecular formula is C17H11F3N2O2. The van der Waals surface area contributed by atoms with E-state index in [1.165, 1.54) is 36.4 Å². The Bertz CT molecular complexity index is 825. The number of carbonyl (C=O) groups is 1. The normalized spacial score (nSPS) is 16.6. The Labute approximate surface area is 135 Å². The molecule has 0 fully saturated rings. The van der Waals surface area contributed by atoms with E-state index < -0.39 is 23.4 Å². The minimum atomic E-state index is -4.76. The fourth-order valence-electron chi connectivity index (χ4n) is 2.24. The number of alkyl halides is 3. The number of para-hydroxylation sites is 1. The summed E-state index contributed by atoms with van der Waals surface area (Å²) >= 11 is 0. The molecule has 0 spiro atoms. The van der Waals surface area contributed by atoms with Crippen LogP contribution in [0.1, 0.15) is 5.56 Å². The highest BCUT2D eigenvalue weighted by Gasteiger charge is 2.46. The van der Waals surface area contributed by atoms with Crippen molar-refractivity contribution >= 4 is 23.4 Å². The van der Waals surface area contributed by atoms with Gasteiger partial charge in [-0.3, -0.25) is 4.79 Å². The number of aromatic hydroxyl groups is 1. The van der Waals surface area contributed by atoms with Crippen LogP contribution in [0.3, 0.4) is 0 Å². The number of halogens is 3. The quantitative estimate of drug-likeness (QED) is 0.852. The number of phenols is 1. The fourth-order valence-corrected chi connectivity index (χ4v) is 2.24. The van der Waals surface area contributed by atoms with Gasteiger partial charge in [0.1, 0.15) is 5.75 Å². The van der Waals surface area contributed by atoms with Crippen molar-refractivity contribution in [2.24, 2.45) is 5.10 Å². The Morgan fingerprint density at radius 3 is 2.21 bits per heavy atom. The molecule has 0 bridgehead atoms. The zero-order chi connectivity index (χ0) is 17.3. The summed E-state index contributed by atoms with van der Waals surface area (Å²) in [5.41, 5.74) is -1.19. The van der Waals surface area contributed by atoms with Crippen molar-refractivity contribution in [3.8, 4) is 5.75 Å². The van der Waals surface area contributed by atoms with Crippen LogP contribution in [0, 0.1) is 0 Å². The first-order valence-electron chi connectivity index (χ1n) is 6.92. The Hall–Kier alpha value is -3.09. The lowest BCUT2D eigenvalue weighted by Crippen LogP contribution is -2.25. The number of hydrogen-bond donors (Lipinski definition) is 1. The minimum Gasteiger partial charge on any atom is -0.508 e. The lowest BCUT2D eigenvalue weighted by atomic mass is 10.1. The van der Waals surface area contributed by atoms with Crippen molar-refractivity contribution in [3.63, 3.8) is 0 Å². The summed E-state index contributed by atoms with van der Waals surface area (Å²) in [7, 11) is 0. The first-order valence-corrected chi connectivity index (χ1v) is 6.92. The second-order valence-electron chi connectivity index (χ2n) is 5.05. The molecule has 0 aliphatic carbocycles. The third-order valence-electron chi connectivity index (χ3n) is 3.35. The zero-order valence-corrected chi connectivity index (χ0v) is 12.2. The maximum absolute atomic E-state index is 13.2. The molecule has 1 N–H and O–H groups in total. The van der Waals surface area contributed by atoms with Crippen molar-refractivity contribution in [2.75, 3.05) is 5.01 Å². The standard InChI is InChI=1S/C17H11F3N2O2/c18-17(19,20)15-14(10-11-6-8-13(23)9-7-11)16(24)22(21-15)12-4-2-1-3-5-12/h1-10,23H/b14-10-. The SMILES string of the molecule is O=C1/C(=C\c2ccc(O)cc2)C(C(F)(F)F)=NN1c1ccccc1. The largest absolute Gasteiger partial charge is 0.508 e. The van der Waals surface area contributed by atoms with E-state index in [1.807, 2.05) is 0 Å². The van der Waals surface area contributed by atoms with Gasteiger partial charge in [-0.1, -0.05) is 30.3 Å². The topological polar surface area (TPSA) is 52.9 Å². The summed E-state index contributed by atoms with van der Waals surface area (Å²) in [6, 6.07) is 13.4. The number of anilines is 1. The van der Waals surface area contributed by atoms with Crippen LogP contribution in [0.4, 0.5) is 18.9 Å². The first-order chi connectivity index (χ1) is 11.4. The fraction of sp³-hybridized carbons (Fsp3) is 0.0588. The second-order valence-corrected chi connectivity index (χ2v) is 5.05. The molecule has 0 saturated heterocycles. The third kappa shape index (κ3) is 3.01. The summed E-state index contributed by atoms with van der Waals surface area (Å²) in [6.45, 7) is 0. The number of rotatable bonds is 2. The van der Waals surface area contributed by atoms with Crippen molar-refractivity contribution in [3.05, 3.63) is 65.7 Å². The number of hydrazone groups is 1. The van der Waals surface area contributed by atoms with Gasteiger partial charge in [0.05, 0.1) is 11.3 Å². The second kappa shape index (κ2) is 5.84. The van der Waals surface area contributed by atoms with Crippen LogP contribution in [0.2, 0.25) is 0 Å². The molecule has 7 heteroatoms. The van der Waals surface area contributed by atoms with Gasteiger partial charge in [0.2, 0.25) is 0 Å². The smallest absolute Gasteiger partial charge is 0.435 e. The van der Waals surface area contributed by atoms with Crippen LogP contribution in [-0.4, -0.2) is 22.9 Å². The Kier molecular flexibility index (Phi) is 3.84. The van der Waals surface area contributed by atoms with Crippen LogP contribution in [0.5, 0.6) is 5.75 Å². The molecule has 0 saturated carbocycles. The van der Waals surface area contributed by atoms with Gasteiger partial charge in [-0.25, -0.2) is 0 Å². The molecular weight excluding hydrogens is 321 g/mol. The van der Waals surface area contributed by atoms with Crippen LogP contribution in [-0.2, 0) is 4.79 Å². The predicted molar refractivity (Wildman–Crippen MR) is 83.5 cm³/mol. The van der Waals surface area contributed by atoms with Crippen molar-refractivity contribution in [1.82, 2.24) is 0 Å². The predicted octanol–water partition coefficient (Wildman–Crippen LogP) is 3.74. The molecule has 122 valence electrons. The summed E-state index contributed by atoms with van der Waals surface area (Å²) in [6.07, 6.45) is -3.65. The van der Waals surface area contributed by atoms with Gasteiger partial charge in [-0.05, 0) is 35.9 Å². The number of hydrogen-bond acceptors (Lipinski definition) is 3. The van der Waals surface area contributed by atoms with Gasteiger partial charge >= 0.3 is 6.18 Å². The molecule has 1 aliphatic heterocycles. The van der Waals surface area contributed by atoms with E-state index in [4.69, 9.17) is 0 Å². The summed E-state index contributed by atoms with van der Waals surface area (Å²) in [5, 5.41) is 13.4. The van der Waals surface area contributed by atoms with Gasteiger partial charge in [-0.15, -0.1) is 0 Å². The molecule has 1 aliphatic rings. The van der Waals surface area contributed by atoms with Crippen LogP contribution in [0.15, 0.2) is 65.3 Å². The molecule has 4 nitrogen and oxygen atoms in total. The number of carbonyl (C=O) groups excluding carboxylic acids is 1. The van der Waals surface area contributed by atoms with Gasteiger partial charge < -0.3 is 5.11 Å². The van der Waals surface area contributed by atoms with E-state index in [-0.39, 0.29) is 11.4 Å². The Morgan fingerprint density at radius 1 is 1.00 bits per heavy atom. The van der Waals surface area contributed by atoms with Gasteiger partial charge in [0, 0.05) is 0 Å². The maximum atomic E-state index is 13.2. The van der Waals surface area contributed by atoms with E-state index in [0.29, 0.717) is 5.56 Å². The van der Waals surface area contributed by atoms with Crippen molar-refractivity contribution in [1.29, 1.82) is 0 Å². The number of phenolic OH excluding ortho intramolecular Hbond substituents is 1. The molecule has 24 heavy (non-hydrogen) atoms. The molecule has 1 amide bonds. The summed E-state index contributed by atoms with van der Waals surface area (Å²) in [5.74, 6) is -0.882. The van der Waals surface area contributed by atoms with Crippen LogP contribution in [0.25, 0.3) is 6.08 Å². The number of benzene rings is 2. The average Bonchev–Trinajstić information content (AvgIpc) is 2.88. The monoisotopic (exact) mass is 332 g/mol. The van der Waals surface area contributed by atoms with Crippen LogP contribution >= 0.6 is 0 Å². The summed E-state index contributed by atoms with van der Waals surface area (Å²) < 4.78 is 39.7. The van der Waals surface area contributed by atoms with E-state index in [2.05, 4.69) is 5.10 Å². The zero-order valence-electron chi connectivity index (χ0n) is 12.2.